The molecular formula is C13H19NO4S. The Morgan fingerprint density at radius 1 is 1.42 bits per heavy atom. The first kappa shape index (κ1) is 14.3. The van der Waals surface area contributed by atoms with Gasteiger partial charge in [-0.1, -0.05) is 0 Å². The van der Waals surface area contributed by atoms with Crippen LogP contribution in [0.5, 0.6) is 5.75 Å². The molecule has 0 unspecified atom stereocenters. The summed E-state index contributed by atoms with van der Waals surface area (Å²) < 4.78 is 31.3. The van der Waals surface area contributed by atoms with Crippen molar-refractivity contribution in [3.05, 3.63) is 23.8 Å². The molecule has 1 aromatic carbocycles. The van der Waals surface area contributed by atoms with E-state index in [1.165, 1.54) is 11.4 Å². The quantitative estimate of drug-likeness (QED) is 0.896. The van der Waals surface area contributed by atoms with Gasteiger partial charge in [-0.3, -0.25) is 0 Å². The van der Waals surface area contributed by atoms with Gasteiger partial charge < -0.3 is 9.84 Å². The van der Waals surface area contributed by atoms with Crippen LogP contribution in [0, 0.1) is 0 Å². The van der Waals surface area contributed by atoms with Gasteiger partial charge in [0.25, 0.3) is 0 Å². The second-order valence-electron chi connectivity index (χ2n) is 5.44. The lowest BCUT2D eigenvalue weighted by atomic mass is 10.1. The van der Waals surface area contributed by atoms with Crippen LogP contribution in [0.4, 0.5) is 0 Å². The Balaban J connectivity index is 2.29. The van der Waals surface area contributed by atoms with Crippen LogP contribution in [0.3, 0.4) is 0 Å². The molecule has 6 heteroatoms. The van der Waals surface area contributed by atoms with Gasteiger partial charge in [-0.25, -0.2) is 8.42 Å². The highest BCUT2D eigenvalue weighted by Crippen LogP contribution is 2.28. The number of ether oxygens (including phenoxy) is 1. The molecule has 1 N–H and O–H groups in total. The fourth-order valence-electron chi connectivity index (χ4n) is 2.13. The Bertz CT molecular complexity index is 575. The standard InChI is InChI=1S/C13H19NO4S/c1-13(2,15)9-14(3)19(16,17)11-4-5-12-10(8-11)6-7-18-12/h4-5,8,15H,6-7,9H2,1-3H3. The largest absolute Gasteiger partial charge is 0.493 e. The van der Waals surface area contributed by atoms with E-state index in [0.29, 0.717) is 6.61 Å². The van der Waals surface area contributed by atoms with Crippen LogP contribution in [0.1, 0.15) is 19.4 Å². The van der Waals surface area contributed by atoms with Gasteiger partial charge in [0.05, 0.1) is 17.1 Å². The molecule has 1 aromatic rings. The molecule has 1 heterocycles. The van der Waals surface area contributed by atoms with E-state index in [-0.39, 0.29) is 11.4 Å². The van der Waals surface area contributed by atoms with Crippen LogP contribution < -0.4 is 4.74 Å². The van der Waals surface area contributed by atoms with E-state index in [4.69, 9.17) is 4.74 Å². The Kier molecular flexibility index (Phi) is 3.59. The zero-order valence-corrected chi connectivity index (χ0v) is 12.2. The molecule has 0 aromatic heterocycles. The summed E-state index contributed by atoms with van der Waals surface area (Å²) >= 11 is 0. The molecule has 106 valence electrons. The molecule has 0 aliphatic carbocycles. The maximum absolute atomic E-state index is 12.4. The third-order valence-corrected chi connectivity index (χ3v) is 4.78. The minimum Gasteiger partial charge on any atom is -0.493 e. The first-order valence-corrected chi connectivity index (χ1v) is 7.59. The molecule has 1 aliphatic rings. The lowest BCUT2D eigenvalue weighted by Crippen LogP contribution is -2.39. The number of likely N-dealkylation sites (N-methyl/N-ethyl adjacent to an activating group) is 1. The Morgan fingerprint density at radius 3 is 2.74 bits per heavy atom. The highest BCUT2D eigenvalue weighted by molar-refractivity contribution is 7.89. The highest BCUT2D eigenvalue weighted by atomic mass is 32.2. The van der Waals surface area contributed by atoms with Crippen molar-refractivity contribution in [3.8, 4) is 5.75 Å². The number of hydrogen-bond acceptors (Lipinski definition) is 4. The van der Waals surface area contributed by atoms with Crippen molar-refractivity contribution in [1.29, 1.82) is 0 Å². The number of hydrogen-bond donors (Lipinski definition) is 1. The van der Waals surface area contributed by atoms with Crippen molar-refractivity contribution in [2.45, 2.75) is 30.8 Å². The minimum atomic E-state index is -3.58. The summed E-state index contributed by atoms with van der Waals surface area (Å²) in [5.74, 6) is 0.754. The SMILES string of the molecule is CN(CC(C)(C)O)S(=O)(=O)c1ccc2c(c1)CCO2. The molecule has 0 fully saturated rings. The van der Waals surface area contributed by atoms with Crippen LogP contribution in [0.2, 0.25) is 0 Å². The van der Waals surface area contributed by atoms with Crippen LogP contribution >= 0.6 is 0 Å². The highest BCUT2D eigenvalue weighted by Gasteiger charge is 2.27. The topological polar surface area (TPSA) is 66.8 Å². The molecule has 0 saturated heterocycles. The molecule has 0 atom stereocenters. The van der Waals surface area contributed by atoms with Gasteiger partial charge >= 0.3 is 0 Å². The summed E-state index contributed by atoms with van der Waals surface area (Å²) in [5.41, 5.74) is -0.153. The smallest absolute Gasteiger partial charge is 0.242 e. The number of rotatable bonds is 4. The maximum atomic E-state index is 12.4. The van der Waals surface area contributed by atoms with E-state index in [9.17, 15) is 13.5 Å². The van der Waals surface area contributed by atoms with E-state index in [1.807, 2.05) is 0 Å². The van der Waals surface area contributed by atoms with Gasteiger partial charge in [-0.15, -0.1) is 0 Å². The molecule has 2 rings (SSSR count). The summed E-state index contributed by atoms with van der Waals surface area (Å²) in [6.07, 6.45) is 0.730. The molecule has 5 nitrogen and oxygen atoms in total. The van der Waals surface area contributed by atoms with Crippen molar-refractivity contribution < 1.29 is 18.3 Å². The zero-order chi connectivity index (χ0) is 14.3. The van der Waals surface area contributed by atoms with E-state index >= 15 is 0 Å². The van der Waals surface area contributed by atoms with Crippen molar-refractivity contribution in [1.82, 2.24) is 4.31 Å². The fourth-order valence-corrected chi connectivity index (χ4v) is 3.51. The maximum Gasteiger partial charge on any atom is 0.242 e. The summed E-state index contributed by atoms with van der Waals surface area (Å²) in [5, 5.41) is 9.73. The normalized spacial score (nSPS) is 15.4. The summed E-state index contributed by atoms with van der Waals surface area (Å²) in [4.78, 5) is 0.239. The van der Waals surface area contributed by atoms with Crippen molar-refractivity contribution in [2.75, 3.05) is 20.2 Å². The average molecular weight is 285 g/mol. The number of aliphatic hydroxyl groups is 1. The monoisotopic (exact) mass is 285 g/mol. The van der Waals surface area contributed by atoms with Crippen molar-refractivity contribution >= 4 is 10.0 Å². The van der Waals surface area contributed by atoms with Gasteiger partial charge in [0.15, 0.2) is 0 Å². The molecule has 0 amide bonds. The number of fused-ring (bicyclic) bond motifs is 1. The summed E-state index contributed by atoms with van der Waals surface area (Å²) in [6.45, 7) is 3.80. The minimum absolute atomic E-state index is 0.0446. The predicted octanol–water partition coefficient (Wildman–Crippen LogP) is 1.01. The molecule has 0 bridgehead atoms. The third-order valence-electron chi connectivity index (χ3n) is 2.98. The van der Waals surface area contributed by atoms with Crippen LogP contribution in [-0.2, 0) is 16.4 Å². The number of sulfonamides is 1. The van der Waals surface area contributed by atoms with Crippen LogP contribution in [0.15, 0.2) is 23.1 Å². The number of benzene rings is 1. The zero-order valence-electron chi connectivity index (χ0n) is 11.4. The van der Waals surface area contributed by atoms with Gasteiger partial charge in [-0.05, 0) is 37.6 Å². The predicted molar refractivity (Wildman–Crippen MR) is 71.8 cm³/mol. The first-order chi connectivity index (χ1) is 8.70. The Labute approximate surface area is 113 Å². The molecule has 0 radical (unpaired) electrons. The lowest BCUT2D eigenvalue weighted by molar-refractivity contribution is 0.0640. The van der Waals surface area contributed by atoms with Crippen LogP contribution in [-0.4, -0.2) is 43.6 Å². The Hall–Kier alpha value is -1.11. The molecular weight excluding hydrogens is 266 g/mol. The second-order valence-corrected chi connectivity index (χ2v) is 7.49. The average Bonchev–Trinajstić information content (AvgIpc) is 2.73. The van der Waals surface area contributed by atoms with Gasteiger partial charge in [0.1, 0.15) is 5.75 Å². The van der Waals surface area contributed by atoms with Crippen molar-refractivity contribution in [3.63, 3.8) is 0 Å². The van der Waals surface area contributed by atoms with Crippen molar-refractivity contribution in [2.24, 2.45) is 0 Å². The van der Waals surface area contributed by atoms with E-state index < -0.39 is 15.6 Å². The fraction of sp³-hybridized carbons (Fsp3) is 0.538. The van der Waals surface area contributed by atoms with E-state index in [1.54, 1.807) is 32.0 Å². The Morgan fingerprint density at radius 2 is 2.11 bits per heavy atom. The van der Waals surface area contributed by atoms with E-state index in [2.05, 4.69) is 0 Å². The number of nitrogens with zero attached hydrogens (tertiary/aromatic N) is 1. The van der Waals surface area contributed by atoms with Gasteiger partial charge in [0.2, 0.25) is 10.0 Å². The van der Waals surface area contributed by atoms with Gasteiger partial charge in [0, 0.05) is 20.0 Å². The molecule has 0 spiro atoms. The summed E-state index contributed by atoms with van der Waals surface area (Å²) in [6, 6.07) is 4.88. The third kappa shape index (κ3) is 3.08. The first-order valence-electron chi connectivity index (χ1n) is 6.15. The second kappa shape index (κ2) is 4.77. The molecule has 19 heavy (non-hydrogen) atoms. The van der Waals surface area contributed by atoms with E-state index in [0.717, 1.165) is 17.7 Å². The van der Waals surface area contributed by atoms with Gasteiger partial charge in [-0.2, -0.15) is 4.31 Å². The molecule has 1 aliphatic heterocycles. The lowest BCUT2D eigenvalue weighted by Gasteiger charge is -2.25. The summed E-state index contributed by atoms with van der Waals surface area (Å²) in [7, 11) is -2.11. The van der Waals surface area contributed by atoms with Crippen LogP contribution in [0.25, 0.3) is 0 Å². The molecule has 0 saturated carbocycles.